The first-order chi connectivity index (χ1) is 7.00. The molecule has 2 nitrogen and oxygen atoms in total. The molecular weight excluding hydrogens is 188 g/mol. The summed E-state index contributed by atoms with van der Waals surface area (Å²) in [6, 6.07) is 0. The second-order valence-electron chi connectivity index (χ2n) is 5.49. The zero-order valence-corrected chi connectivity index (χ0v) is 10.3. The molecule has 0 saturated heterocycles. The molecule has 1 fully saturated rings. The molecule has 0 bridgehead atoms. The summed E-state index contributed by atoms with van der Waals surface area (Å²) < 4.78 is 0. The maximum absolute atomic E-state index is 10.8. The van der Waals surface area contributed by atoms with Crippen LogP contribution in [0.3, 0.4) is 0 Å². The lowest BCUT2D eigenvalue weighted by molar-refractivity contribution is -0.117. The Morgan fingerprint density at radius 3 is 2.33 bits per heavy atom. The SMILES string of the molecule is CC(=O)CCCCC1C(CCO)C1(C)C. The molecule has 0 aliphatic heterocycles. The smallest absolute Gasteiger partial charge is 0.129 e. The van der Waals surface area contributed by atoms with E-state index in [0.717, 1.165) is 31.6 Å². The van der Waals surface area contributed by atoms with E-state index in [1.807, 2.05) is 0 Å². The number of carbonyl (C=O) groups is 1. The highest BCUT2D eigenvalue weighted by atomic mass is 16.3. The Morgan fingerprint density at radius 1 is 1.20 bits per heavy atom. The highest BCUT2D eigenvalue weighted by Crippen LogP contribution is 2.61. The first-order valence-electron chi connectivity index (χ1n) is 6.10. The van der Waals surface area contributed by atoms with Gasteiger partial charge in [-0.3, -0.25) is 0 Å². The number of aliphatic hydroxyl groups is 1. The van der Waals surface area contributed by atoms with Crippen molar-refractivity contribution in [2.24, 2.45) is 17.3 Å². The van der Waals surface area contributed by atoms with E-state index in [1.54, 1.807) is 6.92 Å². The molecule has 2 heteroatoms. The van der Waals surface area contributed by atoms with Crippen LogP contribution in [-0.2, 0) is 4.79 Å². The highest BCUT2D eigenvalue weighted by Gasteiger charge is 2.55. The number of ketones is 1. The number of carbonyl (C=O) groups excluding carboxylic acids is 1. The Balaban J connectivity index is 2.15. The summed E-state index contributed by atoms with van der Waals surface area (Å²) in [5.41, 5.74) is 0.430. The van der Waals surface area contributed by atoms with Gasteiger partial charge >= 0.3 is 0 Å². The van der Waals surface area contributed by atoms with Crippen LogP contribution >= 0.6 is 0 Å². The molecular formula is C13H24O2. The van der Waals surface area contributed by atoms with Crippen LogP contribution in [0.15, 0.2) is 0 Å². The van der Waals surface area contributed by atoms with Crippen LogP contribution < -0.4 is 0 Å². The van der Waals surface area contributed by atoms with E-state index in [0.29, 0.717) is 23.7 Å². The number of hydrogen-bond acceptors (Lipinski definition) is 2. The molecule has 88 valence electrons. The molecule has 0 spiro atoms. The normalized spacial score (nSPS) is 27.7. The van der Waals surface area contributed by atoms with Crippen LogP contribution in [0, 0.1) is 17.3 Å². The van der Waals surface area contributed by atoms with Crippen molar-refractivity contribution in [2.75, 3.05) is 6.61 Å². The molecule has 0 aromatic carbocycles. The van der Waals surface area contributed by atoms with Crippen LogP contribution in [0.25, 0.3) is 0 Å². The Kier molecular flexibility index (Phi) is 4.32. The minimum absolute atomic E-state index is 0.303. The quantitative estimate of drug-likeness (QED) is 0.659. The number of Topliss-reactive ketones (excluding diaryl/α,β-unsaturated/α-hetero) is 1. The van der Waals surface area contributed by atoms with Gasteiger partial charge in [0.05, 0.1) is 0 Å². The molecule has 1 aliphatic rings. The predicted octanol–water partition coefficient (Wildman–Crippen LogP) is 2.79. The summed E-state index contributed by atoms with van der Waals surface area (Å²) in [5.74, 6) is 1.79. The predicted molar refractivity (Wildman–Crippen MR) is 61.6 cm³/mol. The lowest BCUT2D eigenvalue weighted by Crippen LogP contribution is -1.93. The molecule has 0 aromatic rings. The minimum atomic E-state index is 0.303. The maximum atomic E-state index is 10.8. The van der Waals surface area contributed by atoms with E-state index in [9.17, 15) is 4.79 Å². The van der Waals surface area contributed by atoms with Crippen molar-refractivity contribution in [1.82, 2.24) is 0 Å². The summed E-state index contributed by atoms with van der Waals surface area (Å²) in [6.07, 6.45) is 5.11. The standard InChI is InChI=1S/C13H24O2/c1-10(15)6-4-5-7-11-12(8-9-14)13(11,2)3/h11-12,14H,4-9H2,1-3H3. The molecule has 0 radical (unpaired) electrons. The lowest BCUT2D eigenvalue weighted by Gasteiger charge is -2.01. The monoisotopic (exact) mass is 212 g/mol. The second-order valence-corrected chi connectivity index (χ2v) is 5.49. The van der Waals surface area contributed by atoms with Crippen molar-refractivity contribution >= 4 is 5.78 Å². The average molecular weight is 212 g/mol. The lowest BCUT2D eigenvalue weighted by atomic mass is 10.0. The molecule has 0 aromatic heterocycles. The van der Waals surface area contributed by atoms with Gasteiger partial charge in [-0.1, -0.05) is 20.3 Å². The molecule has 2 atom stereocenters. The third kappa shape index (κ3) is 3.30. The minimum Gasteiger partial charge on any atom is -0.396 e. The summed E-state index contributed by atoms with van der Waals surface area (Å²) in [4.78, 5) is 10.8. The van der Waals surface area contributed by atoms with Crippen molar-refractivity contribution in [3.63, 3.8) is 0 Å². The van der Waals surface area contributed by atoms with Crippen molar-refractivity contribution < 1.29 is 9.90 Å². The van der Waals surface area contributed by atoms with E-state index >= 15 is 0 Å². The first kappa shape index (κ1) is 12.7. The van der Waals surface area contributed by atoms with Gasteiger partial charge < -0.3 is 9.90 Å². The summed E-state index contributed by atoms with van der Waals surface area (Å²) in [7, 11) is 0. The Bertz CT molecular complexity index is 221. The van der Waals surface area contributed by atoms with E-state index in [1.165, 1.54) is 6.42 Å². The number of rotatable bonds is 7. The summed E-state index contributed by atoms with van der Waals surface area (Å²) in [6.45, 7) is 6.57. The van der Waals surface area contributed by atoms with Crippen LogP contribution in [-0.4, -0.2) is 17.5 Å². The van der Waals surface area contributed by atoms with Crippen LogP contribution in [0.5, 0.6) is 0 Å². The number of hydrogen-bond donors (Lipinski definition) is 1. The number of aliphatic hydroxyl groups excluding tert-OH is 1. The van der Waals surface area contributed by atoms with Crippen molar-refractivity contribution in [3.8, 4) is 0 Å². The number of unbranched alkanes of at least 4 members (excludes halogenated alkanes) is 1. The Hall–Kier alpha value is -0.370. The van der Waals surface area contributed by atoms with Gasteiger partial charge in [-0.2, -0.15) is 0 Å². The van der Waals surface area contributed by atoms with Crippen molar-refractivity contribution in [1.29, 1.82) is 0 Å². The Morgan fingerprint density at radius 2 is 1.80 bits per heavy atom. The largest absolute Gasteiger partial charge is 0.396 e. The van der Waals surface area contributed by atoms with E-state index in [-0.39, 0.29) is 0 Å². The molecule has 1 aliphatic carbocycles. The fourth-order valence-electron chi connectivity index (χ4n) is 2.88. The maximum Gasteiger partial charge on any atom is 0.129 e. The zero-order valence-electron chi connectivity index (χ0n) is 10.3. The molecule has 0 amide bonds. The van der Waals surface area contributed by atoms with Gasteiger partial charge in [0.1, 0.15) is 5.78 Å². The van der Waals surface area contributed by atoms with Crippen LogP contribution in [0.2, 0.25) is 0 Å². The summed E-state index contributed by atoms with van der Waals surface area (Å²) in [5, 5.41) is 8.93. The van der Waals surface area contributed by atoms with E-state index in [4.69, 9.17) is 5.11 Å². The zero-order chi connectivity index (χ0) is 11.5. The van der Waals surface area contributed by atoms with E-state index in [2.05, 4.69) is 13.8 Å². The van der Waals surface area contributed by atoms with Gasteiger partial charge in [0.15, 0.2) is 0 Å². The Labute approximate surface area is 93.1 Å². The van der Waals surface area contributed by atoms with Crippen LogP contribution in [0.1, 0.15) is 52.9 Å². The van der Waals surface area contributed by atoms with Gasteiger partial charge in [0.2, 0.25) is 0 Å². The third-order valence-corrected chi connectivity index (χ3v) is 4.02. The second kappa shape index (κ2) is 5.11. The van der Waals surface area contributed by atoms with Crippen molar-refractivity contribution in [3.05, 3.63) is 0 Å². The average Bonchev–Trinajstić information content (AvgIpc) is 2.63. The summed E-state index contributed by atoms with van der Waals surface area (Å²) >= 11 is 0. The van der Waals surface area contributed by atoms with E-state index < -0.39 is 0 Å². The molecule has 15 heavy (non-hydrogen) atoms. The molecule has 1 N–H and O–H groups in total. The van der Waals surface area contributed by atoms with Gasteiger partial charge in [-0.15, -0.1) is 0 Å². The van der Waals surface area contributed by atoms with Gasteiger partial charge in [-0.05, 0) is 43.4 Å². The van der Waals surface area contributed by atoms with Gasteiger partial charge in [-0.25, -0.2) is 0 Å². The van der Waals surface area contributed by atoms with Gasteiger partial charge in [0, 0.05) is 13.0 Å². The third-order valence-electron chi connectivity index (χ3n) is 4.02. The van der Waals surface area contributed by atoms with Gasteiger partial charge in [0.25, 0.3) is 0 Å². The first-order valence-corrected chi connectivity index (χ1v) is 6.10. The highest BCUT2D eigenvalue weighted by molar-refractivity contribution is 5.75. The molecule has 1 rings (SSSR count). The molecule has 1 saturated carbocycles. The van der Waals surface area contributed by atoms with Crippen LogP contribution in [0.4, 0.5) is 0 Å². The fourth-order valence-corrected chi connectivity index (χ4v) is 2.88. The van der Waals surface area contributed by atoms with Crippen molar-refractivity contribution in [2.45, 2.75) is 52.9 Å². The topological polar surface area (TPSA) is 37.3 Å². The molecule has 0 heterocycles. The molecule has 2 unspecified atom stereocenters. The fraction of sp³-hybridized carbons (Fsp3) is 0.923.